The Bertz CT molecular complexity index is 978. The summed E-state index contributed by atoms with van der Waals surface area (Å²) in [5.41, 5.74) is 10.8. The summed E-state index contributed by atoms with van der Waals surface area (Å²) in [7, 11) is 0. The number of hydrogen-bond donors (Lipinski definition) is 3. The van der Waals surface area contributed by atoms with Gasteiger partial charge in [-0.25, -0.2) is 9.97 Å². The quantitative estimate of drug-likeness (QED) is 0.612. The Morgan fingerprint density at radius 2 is 2.15 bits per heavy atom. The summed E-state index contributed by atoms with van der Waals surface area (Å²) in [6.45, 7) is 5.00. The number of nitrogens with zero attached hydrogens (tertiary/aromatic N) is 3. The second-order valence-electron chi connectivity index (χ2n) is 7.88. The van der Waals surface area contributed by atoms with Crippen molar-refractivity contribution < 1.29 is 4.39 Å². The van der Waals surface area contributed by atoms with Gasteiger partial charge in [0.25, 0.3) is 0 Å². The lowest BCUT2D eigenvalue weighted by molar-refractivity contribution is 0.312. The van der Waals surface area contributed by atoms with Crippen LogP contribution in [0.5, 0.6) is 0 Å². The first-order valence-corrected chi connectivity index (χ1v) is 9.08. The van der Waals surface area contributed by atoms with Crippen molar-refractivity contribution in [1.29, 1.82) is 0 Å². The van der Waals surface area contributed by atoms with E-state index in [4.69, 9.17) is 5.73 Å². The molecule has 4 N–H and O–H groups in total. The molecule has 3 heterocycles. The van der Waals surface area contributed by atoms with Crippen molar-refractivity contribution in [2.75, 3.05) is 11.1 Å². The number of pyridine rings is 2. The number of anilines is 2. The Balaban J connectivity index is 1.59. The number of aromatic amines is 1. The van der Waals surface area contributed by atoms with E-state index >= 15 is 0 Å². The molecule has 0 saturated heterocycles. The van der Waals surface area contributed by atoms with Crippen LogP contribution in [0.2, 0.25) is 0 Å². The van der Waals surface area contributed by atoms with Crippen LogP contribution in [0, 0.1) is 11.4 Å². The number of aromatic nitrogens is 4. The zero-order valence-electron chi connectivity index (χ0n) is 15.5. The lowest BCUT2D eigenvalue weighted by Gasteiger charge is -2.29. The summed E-state index contributed by atoms with van der Waals surface area (Å²) in [6, 6.07) is 6.91. The van der Waals surface area contributed by atoms with Gasteiger partial charge < -0.3 is 11.1 Å². The number of H-pyrrole nitrogens is 1. The minimum absolute atomic E-state index is 0.263. The Kier molecular flexibility index (Phi) is 4.30. The highest BCUT2D eigenvalue weighted by Crippen LogP contribution is 2.38. The molecule has 3 aromatic rings. The molecule has 4 rings (SSSR count). The molecule has 0 spiro atoms. The fraction of sp³-hybridized carbons (Fsp3) is 0.350. The molecule has 27 heavy (non-hydrogen) atoms. The van der Waals surface area contributed by atoms with Crippen molar-refractivity contribution >= 4 is 11.6 Å². The molecule has 0 aromatic carbocycles. The lowest BCUT2D eigenvalue weighted by Crippen LogP contribution is -2.21. The SMILES string of the molecule is CC1(C)CCc2c(-c3cc(F)nc(NCc4ccnc(N)c4)c3)n[nH]c2C1. The van der Waals surface area contributed by atoms with Crippen LogP contribution in [-0.4, -0.2) is 20.2 Å². The minimum atomic E-state index is -0.530. The van der Waals surface area contributed by atoms with Crippen LogP contribution in [0.15, 0.2) is 30.5 Å². The van der Waals surface area contributed by atoms with E-state index in [1.165, 1.54) is 11.6 Å². The van der Waals surface area contributed by atoms with Crippen LogP contribution in [0.3, 0.4) is 0 Å². The maximum absolute atomic E-state index is 14.1. The first kappa shape index (κ1) is 17.5. The fourth-order valence-electron chi connectivity index (χ4n) is 3.61. The monoisotopic (exact) mass is 366 g/mol. The zero-order chi connectivity index (χ0) is 19.0. The van der Waals surface area contributed by atoms with Crippen LogP contribution in [0.25, 0.3) is 11.3 Å². The largest absolute Gasteiger partial charge is 0.384 e. The van der Waals surface area contributed by atoms with Gasteiger partial charge in [-0.2, -0.15) is 9.49 Å². The summed E-state index contributed by atoms with van der Waals surface area (Å²) >= 11 is 0. The maximum atomic E-state index is 14.1. The number of nitrogens with one attached hydrogen (secondary N) is 2. The van der Waals surface area contributed by atoms with Crippen LogP contribution in [0.1, 0.15) is 37.1 Å². The summed E-state index contributed by atoms with van der Waals surface area (Å²) in [5.74, 6) is 0.388. The molecule has 0 saturated carbocycles. The van der Waals surface area contributed by atoms with Crippen molar-refractivity contribution in [3.05, 3.63) is 53.2 Å². The lowest BCUT2D eigenvalue weighted by atomic mass is 9.76. The van der Waals surface area contributed by atoms with Crippen molar-refractivity contribution in [3.8, 4) is 11.3 Å². The molecule has 0 bridgehead atoms. The van der Waals surface area contributed by atoms with E-state index in [2.05, 4.69) is 39.3 Å². The Hall–Kier alpha value is -2.96. The number of rotatable bonds is 4. The summed E-state index contributed by atoms with van der Waals surface area (Å²) < 4.78 is 14.1. The van der Waals surface area contributed by atoms with E-state index in [9.17, 15) is 4.39 Å². The molecule has 0 unspecified atom stereocenters. The molecule has 7 heteroatoms. The normalized spacial score (nSPS) is 15.4. The molecule has 0 amide bonds. The van der Waals surface area contributed by atoms with Crippen molar-refractivity contribution in [1.82, 2.24) is 20.2 Å². The predicted molar refractivity (Wildman–Crippen MR) is 104 cm³/mol. The van der Waals surface area contributed by atoms with Gasteiger partial charge >= 0.3 is 0 Å². The van der Waals surface area contributed by atoms with Crippen LogP contribution in [-0.2, 0) is 19.4 Å². The van der Waals surface area contributed by atoms with E-state index in [1.54, 1.807) is 12.3 Å². The molecule has 0 radical (unpaired) electrons. The highest BCUT2D eigenvalue weighted by atomic mass is 19.1. The second kappa shape index (κ2) is 6.64. The van der Waals surface area contributed by atoms with Crippen molar-refractivity contribution in [2.45, 2.75) is 39.7 Å². The molecule has 140 valence electrons. The third-order valence-electron chi connectivity index (χ3n) is 5.05. The minimum Gasteiger partial charge on any atom is -0.384 e. The number of nitrogens with two attached hydrogens (primary N) is 1. The Morgan fingerprint density at radius 3 is 2.96 bits per heavy atom. The number of nitrogen functional groups attached to an aromatic ring is 1. The fourth-order valence-corrected chi connectivity index (χ4v) is 3.61. The average Bonchev–Trinajstić information content (AvgIpc) is 3.01. The molecule has 6 nitrogen and oxygen atoms in total. The van der Waals surface area contributed by atoms with E-state index in [-0.39, 0.29) is 5.41 Å². The standard InChI is InChI=1S/C20H23FN6/c1-20(2)5-3-14-15(10-20)26-27-19(14)13-8-16(21)25-18(9-13)24-11-12-4-6-23-17(22)7-12/h4,6-9H,3,5,10-11H2,1-2H3,(H2,22,23)(H,24,25)(H,26,27). The van der Waals surface area contributed by atoms with Gasteiger partial charge in [-0.1, -0.05) is 13.8 Å². The van der Waals surface area contributed by atoms with Crippen LogP contribution in [0.4, 0.5) is 16.0 Å². The predicted octanol–water partition coefficient (Wildman–Crippen LogP) is 3.72. The molecule has 3 aromatic heterocycles. The molecular weight excluding hydrogens is 343 g/mol. The molecule has 1 aliphatic rings. The van der Waals surface area contributed by atoms with Crippen molar-refractivity contribution in [3.63, 3.8) is 0 Å². The number of hydrogen-bond acceptors (Lipinski definition) is 5. The summed E-state index contributed by atoms with van der Waals surface area (Å²) in [4.78, 5) is 7.92. The number of halogens is 1. The van der Waals surface area contributed by atoms with Gasteiger partial charge in [0.05, 0.1) is 5.69 Å². The van der Waals surface area contributed by atoms with Gasteiger partial charge in [0, 0.05) is 35.6 Å². The van der Waals surface area contributed by atoms with Gasteiger partial charge in [-0.15, -0.1) is 0 Å². The van der Waals surface area contributed by atoms with E-state index in [0.717, 1.165) is 41.8 Å². The first-order valence-electron chi connectivity index (χ1n) is 9.08. The smallest absolute Gasteiger partial charge is 0.215 e. The van der Waals surface area contributed by atoms with Gasteiger partial charge in [0.15, 0.2) is 0 Å². The van der Waals surface area contributed by atoms with Gasteiger partial charge in [-0.05, 0) is 48.4 Å². The molecular formula is C20H23FN6. The van der Waals surface area contributed by atoms with Gasteiger partial charge in [0.1, 0.15) is 11.6 Å². The Morgan fingerprint density at radius 1 is 1.30 bits per heavy atom. The molecule has 0 atom stereocenters. The van der Waals surface area contributed by atoms with E-state index in [1.807, 2.05) is 12.1 Å². The van der Waals surface area contributed by atoms with Crippen LogP contribution < -0.4 is 11.1 Å². The molecule has 1 aliphatic carbocycles. The maximum Gasteiger partial charge on any atom is 0.215 e. The van der Waals surface area contributed by atoms with Crippen LogP contribution >= 0.6 is 0 Å². The van der Waals surface area contributed by atoms with Gasteiger partial charge in [-0.3, -0.25) is 5.10 Å². The molecule has 0 fully saturated rings. The Labute approximate surface area is 157 Å². The van der Waals surface area contributed by atoms with Gasteiger partial charge in [0.2, 0.25) is 5.95 Å². The molecule has 0 aliphatic heterocycles. The highest BCUT2D eigenvalue weighted by Gasteiger charge is 2.29. The highest BCUT2D eigenvalue weighted by molar-refractivity contribution is 5.67. The number of fused-ring (bicyclic) bond motifs is 1. The topological polar surface area (TPSA) is 92.5 Å². The summed E-state index contributed by atoms with van der Waals surface area (Å²) in [6.07, 6.45) is 4.64. The zero-order valence-corrected chi connectivity index (χ0v) is 15.5. The van der Waals surface area contributed by atoms with E-state index < -0.39 is 5.95 Å². The van der Waals surface area contributed by atoms with Crippen molar-refractivity contribution in [2.24, 2.45) is 5.41 Å². The first-order chi connectivity index (χ1) is 12.9. The average molecular weight is 366 g/mol. The second-order valence-corrected chi connectivity index (χ2v) is 7.88. The van der Waals surface area contributed by atoms with E-state index in [0.29, 0.717) is 18.2 Å². The third kappa shape index (κ3) is 3.77. The third-order valence-corrected chi connectivity index (χ3v) is 5.05. The summed E-state index contributed by atoms with van der Waals surface area (Å²) in [5, 5.41) is 10.8.